The average molecular weight is 451 g/mol. The number of benzene rings is 2. The van der Waals surface area contributed by atoms with Crippen LogP contribution in [0.1, 0.15) is 49.4 Å². The van der Waals surface area contributed by atoms with Crippen molar-refractivity contribution in [3.05, 3.63) is 54.1 Å². The minimum atomic E-state index is -0.400. The van der Waals surface area contributed by atoms with Crippen LogP contribution in [-0.2, 0) is 14.3 Å². The highest BCUT2D eigenvalue weighted by Gasteiger charge is 2.40. The smallest absolute Gasteiger partial charge is 0.306 e. The molecular weight excluding hydrogens is 420 g/mol. The second kappa shape index (κ2) is 10.5. The maximum absolute atomic E-state index is 12.4. The third-order valence-electron chi connectivity index (χ3n) is 6.53. The normalized spacial score (nSPS) is 20.8. The quantitative estimate of drug-likeness (QED) is 0.543. The zero-order valence-corrected chi connectivity index (χ0v) is 18.8. The number of fused-ring (bicyclic) bond motifs is 2. The Bertz CT molecular complexity index is 987. The van der Waals surface area contributed by atoms with Crippen LogP contribution < -0.4 is 15.4 Å². The van der Waals surface area contributed by atoms with E-state index in [1.165, 1.54) is 19.3 Å². The fraction of sp³-hybridized carbons (Fsp3) is 0.423. The molecule has 2 aliphatic carbocycles. The number of hydrogen-bond acceptors (Lipinski definition) is 5. The van der Waals surface area contributed by atoms with Gasteiger partial charge in [0.25, 0.3) is 11.8 Å². The number of carbonyl (C=O) groups excluding carboxylic acids is 3. The van der Waals surface area contributed by atoms with E-state index in [4.69, 9.17) is 9.47 Å². The molecule has 174 valence electrons. The molecule has 2 aromatic carbocycles. The highest BCUT2D eigenvalue weighted by molar-refractivity contribution is 6.04. The zero-order chi connectivity index (χ0) is 23.2. The number of nitrogens with one attached hydrogen (secondary N) is 2. The first-order valence-corrected chi connectivity index (χ1v) is 11.6. The molecule has 0 aliphatic heterocycles. The lowest BCUT2D eigenvalue weighted by Gasteiger charge is -2.20. The Morgan fingerprint density at radius 2 is 1.61 bits per heavy atom. The summed E-state index contributed by atoms with van der Waals surface area (Å²) >= 11 is 0. The van der Waals surface area contributed by atoms with Crippen LogP contribution in [0.2, 0.25) is 0 Å². The Labute approximate surface area is 193 Å². The summed E-state index contributed by atoms with van der Waals surface area (Å²) in [6, 6.07) is 13.7. The summed E-state index contributed by atoms with van der Waals surface area (Å²) < 4.78 is 10.6. The second-order valence-electron chi connectivity index (χ2n) is 8.84. The molecule has 2 fully saturated rings. The van der Waals surface area contributed by atoms with E-state index in [0.717, 1.165) is 18.1 Å². The van der Waals surface area contributed by atoms with Crippen LogP contribution >= 0.6 is 0 Å². The Balaban J connectivity index is 1.20. The van der Waals surface area contributed by atoms with Crippen molar-refractivity contribution in [1.82, 2.24) is 0 Å². The lowest BCUT2D eigenvalue weighted by Crippen LogP contribution is -2.23. The molecule has 0 spiro atoms. The van der Waals surface area contributed by atoms with Crippen LogP contribution in [0.3, 0.4) is 0 Å². The predicted molar refractivity (Wildman–Crippen MR) is 125 cm³/mol. The summed E-state index contributed by atoms with van der Waals surface area (Å²) in [5.74, 6) is 1.63. The van der Waals surface area contributed by atoms with Crippen LogP contribution in [-0.4, -0.2) is 31.0 Å². The Morgan fingerprint density at radius 1 is 0.909 bits per heavy atom. The van der Waals surface area contributed by atoms with Gasteiger partial charge in [-0.1, -0.05) is 6.42 Å². The Kier molecular flexibility index (Phi) is 7.27. The van der Waals surface area contributed by atoms with Crippen LogP contribution in [0.15, 0.2) is 48.5 Å². The monoisotopic (exact) mass is 450 g/mol. The van der Waals surface area contributed by atoms with Crippen molar-refractivity contribution < 1.29 is 23.9 Å². The summed E-state index contributed by atoms with van der Waals surface area (Å²) in [5.41, 5.74) is 1.65. The van der Waals surface area contributed by atoms with Gasteiger partial charge in [-0.2, -0.15) is 0 Å². The summed E-state index contributed by atoms with van der Waals surface area (Å²) in [4.78, 5) is 36.7. The molecule has 3 unspecified atom stereocenters. The Morgan fingerprint density at radius 3 is 2.24 bits per heavy atom. The van der Waals surface area contributed by atoms with Crippen molar-refractivity contribution in [3.8, 4) is 5.75 Å². The molecule has 3 atom stereocenters. The van der Waals surface area contributed by atoms with Gasteiger partial charge in [0.1, 0.15) is 5.75 Å². The number of esters is 1. The highest BCUT2D eigenvalue weighted by Crippen LogP contribution is 2.49. The number of rotatable bonds is 9. The summed E-state index contributed by atoms with van der Waals surface area (Å²) in [5, 5.41) is 5.51. The van der Waals surface area contributed by atoms with Gasteiger partial charge in [0, 0.05) is 23.4 Å². The fourth-order valence-electron chi connectivity index (χ4n) is 4.95. The molecular formula is C26H30N2O5. The molecule has 2 saturated carbocycles. The minimum Gasteiger partial charge on any atom is -0.494 e. The standard InChI is InChI=1S/C26H30N2O5/c1-2-32-23-11-9-22(10-12-23)28-26(31)18-5-7-21(8-6-18)27-24(29)16-33-25(30)15-20-14-17-3-4-19(20)13-17/h5-12,17,19-20H,2-4,13-16H2,1H3,(H,27,29)(H,28,31). The van der Waals surface area contributed by atoms with Gasteiger partial charge >= 0.3 is 5.97 Å². The van der Waals surface area contributed by atoms with Gasteiger partial charge in [-0.25, -0.2) is 0 Å². The van der Waals surface area contributed by atoms with Gasteiger partial charge in [0.2, 0.25) is 0 Å². The third kappa shape index (κ3) is 6.12. The number of ether oxygens (including phenoxy) is 2. The van der Waals surface area contributed by atoms with Gasteiger partial charge in [-0.15, -0.1) is 0 Å². The maximum atomic E-state index is 12.4. The Hall–Kier alpha value is -3.35. The van der Waals surface area contributed by atoms with Gasteiger partial charge < -0.3 is 20.1 Å². The summed E-state index contributed by atoms with van der Waals surface area (Å²) in [7, 11) is 0. The van der Waals surface area contributed by atoms with Crippen molar-refractivity contribution in [3.63, 3.8) is 0 Å². The molecule has 0 radical (unpaired) electrons. The molecule has 2 aliphatic rings. The van der Waals surface area contributed by atoms with Crippen molar-refractivity contribution >= 4 is 29.2 Å². The summed E-state index contributed by atoms with van der Waals surface area (Å²) in [6.07, 6.45) is 5.28. The fourth-order valence-corrected chi connectivity index (χ4v) is 4.95. The van der Waals surface area contributed by atoms with Gasteiger partial charge in [-0.05, 0) is 92.5 Å². The average Bonchev–Trinajstić information content (AvgIpc) is 3.43. The topological polar surface area (TPSA) is 93.7 Å². The van der Waals surface area contributed by atoms with E-state index in [9.17, 15) is 14.4 Å². The van der Waals surface area contributed by atoms with Crippen LogP contribution in [0.25, 0.3) is 0 Å². The summed E-state index contributed by atoms with van der Waals surface area (Å²) in [6.45, 7) is 2.19. The van der Waals surface area contributed by atoms with Crippen LogP contribution in [0, 0.1) is 17.8 Å². The predicted octanol–water partition coefficient (Wildman–Crippen LogP) is 4.65. The van der Waals surface area contributed by atoms with Crippen molar-refractivity contribution in [1.29, 1.82) is 0 Å². The van der Waals surface area contributed by atoms with E-state index in [2.05, 4.69) is 10.6 Å². The minimum absolute atomic E-state index is 0.258. The molecule has 33 heavy (non-hydrogen) atoms. The third-order valence-corrected chi connectivity index (χ3v) is 6.53. The largest absolute Gasteiger partial charge is 0.494 e. The van der Waals surface area contributed by atoms with Gasteiger partial charge in [0.05, 0.1) is 6.61 Å². The van der Waals surface area contributed by atoms with E-state index in [1.54, 1.807) is 48.5 Å². The molecule has 2 N–H and O–H groups in total. The van der Waals surface area contributed by atoms with Gasteiger partial charge in [0.15, 0.2) is 6.61 Å². The molecule has 2 bridgehead atoms. The maximum Gasteiger partial charge on any atom is 0.306 e. The number of hydrogen-bond donors (Lipinski definition) is 2. The van der Waals surface area contributed by atoms with E-state index in [1.807, 2.05) is 6.92 Å². The van der Waals surface area contributed by atoms with E-state index >= 15 is 0 Å². The molecule has 2 amide bonds. The molecule has 0 heterocycles. The SMILES string of the molecule is CCOc1ccc(NC(=O)c2ccc(NC(=O)COC(=O)CC3CC4CCC3C4)cc2)cc1. The molecule has 0 aromatic heterocycles. The molecule has 0 saturated heterocycles. The molecule has 4 rings (SSSR count). The van der Waals surface area contributed by atoms with E-state index < -0.39 is 5.91 Å². The van der Waals surface area contributed by atoms with Crippen LogP contribution in [0.5, 0.6) is 5.75 Å². The first-order valence-electron chi connectivity index (χ1n) is 11.6. The lowest BCUT2D eigenvalue weighted by atomic mass is 9.86. The first-order chi connectivity index (χ1) is 16.0. The number of carbonyl (C=O) groups is 3. The van der Waals surface area contributed by atoms with Crippen LogP contribution in [0.4, 0.5) is 11.4 Å². The highest BCUT2D eigenvalue weighted by atomic mass is 16.5. The molecule has 7 heteroatoms. The first kappa shape index (κ1) is 22.8. The lowest BCUT2D eigenvalue weighted by molar-refractivity contribution is -0.148. The second-order valence-corrected chi connectivity index (χ2v) is 8.84. The van der Waals surface area contributed by atoms with E-state index in [0.29, 0.717) is 41.8 Å². The zero-order valence-electron chi connectivity index (χ0n) is 18.8. The number of anilines is 2. The van der Waals surface area contributed by atoms with Crippen molar-refractivity contribution in [2.75, 3.05) is 23.8 Å². The van der Waals surface area contributed by atoms with Gasteiger partial charge in [-0.3, -0.25) is 14.4 Å². The molecule has 7 nitrogen and oxygen atoms in total. The van der Waals surface area contributed by atoms with E-state index in [-0.39, 0.29) is 18.5 Å². The van der Waals surface area contributed by atoms with Crippen molar-refractivity contribution in [2.45, 2.75) is 39.0 Å². The number of amides is 2. The molecule has 2 aromatic rings. The van der Waals surface area contributed by atoms with Crippen molar-refractivity contribution in [2.24, 2.45) is 17.8 Å².